The van der Waals surface area contributed by atoms with Gasteiger partial charge >= 0.3 is 0 Å². The van der Waals surface area contributed by atoms with Crippen molar-refractivity contribution in [3.8, 4) is 5.75 Å². The second kappa shape index (κ2) is 5.65. The summed E-state index contributed by atoms with van der Waals surface area (Å²) in [4.78, 5) is 16.5. The highest BCUT2D eigenvalue weighted by Gasteiger charge is 2.13. The molecule has 0 spiro atoms. The molecule has 0 saturated heterocycles. The van der Waals surface area contributed by atoms with Crippen LogP contribution < -0.4 is 4.74 Å². The highest BCUT2D eigenvalue weighted by atomic mass is 16.5. The van der Waals surface area contributed by atoms with Crippen LogP contribution in [0.3, 0.4) is 0 Å². The lowest BCUT2D eigenvalue weighted by atomic mass is 10.0. The average molecular weight is 255 g/mol. The minimum Gasteiger partial charge on any atom is -0.496 e. The fourth-order valence-electron chi connectivity index (χ4n) is 2.11. The van der Waals surface area contributed by atoms with Crippen LogP contribution in [0.4, 0.5) is 0 Å². The molecular weight excluding hydrogens is 238 g/mol. The van der Waals surface area contributed by atoms with Crippen LogP contribution in [0.2, 0.25) is 0 Å². The number of pyridine rings is 1. The van der Waals surface area contributed by atoms with E-state index < -0.39 is 0 Å². The van der Waals surface area contributed by atoms with E-state index in [0.29, 0.717) is 12.1 Å². The van der Waals surface area contributed by atoms with Crippen LogP contribution in [-0.4, -0.2) is 17.9 Å². The summed E-state index contributed by atoms with van der Waals surface area (Å²) in [5, 5.41) is 0. The van der Waals surface area contributed by atoms with Gasteiger partial charge in [0.25, 0.3) is 0 Å². The molecule has 0 saturated carbocycles. The lowest BCUT2D eigenvalue weighted by Crippen LogP contribution is -2.09. The first-order chi connectivity index (χ1) is 9.11. The van der Waals surface area contributed by atoms with Gasteiger partial charge in [0.15, 0.2) is 5.78 Å². The molecule has 0 aliphatic rings. The number of carbonyl (C=O) groups excluding carboxylic acids is 1. The molecule has 2 aromatic rings. The van der Waals surface area contributed by atoms with Gasteiger partial charge in [-0.1, -0.05) is 24.3 Å². The third-order valence-corrected chi connectivity index (χ3v) is 3.02. The van der Waals surface area contributed by atoms with Gasteiger partial charge in [0.1, 0.15) is 11.4 Å². The smallest absolute Gasteiger partial charge is 0.185 e. The van der Waals surface area contributed by atoms with Gasteiger partial charge in [-0.2, -0.15) is 0 Å². The molecule has 19 heavy (non-hydrogen) atoms. The zero-order valence-corrected chi connectivity index (χ0v) is 11.4. The van der Waals surface area contributed by atoms with E-state index in [1.165, 1.54) is 0 Å². The lowest BCUT2D eigenvalue weighted by Gasteiger charge is -2.08. The molecule has 1 heterocycles. The van der Waals surface area contributed by atoms with Gasteiger partial charge in [-0.05, 0) is 31.0 Å². The summed E-state index contributed by atoms with van der Waals surface area (Å²) < 4.78 is 5.26. The topological polar surface area (TPSA) is 39.2 Å². The summed E-state index contributed by atoms with van der Waals surface area (Å²) in [6, 6.07) is 9.53. The van der Waals surface area contributed by atoms with E-state index in [1.54, 1.807) is 13.3 Å². The maximum absolute atomic E-state index is 12.3. The monoisotopic (exact) mass is 255 g/mol. The molecule has 0 aliphatic carbocycles. The summed E-state index contributed by atoms with van der Waals surface area (Å²) in [6.45, 7) is 3.88. The van der Waals surface area contributed by atoms with Gasteiger partial charge in [-0.25, -0.2) is 0 Å². The third-order valence-electron chi connectivity index (χ3n) is 3.02. The summed E-state index contributed by atoms with van der Waals surface area (Å²) in [7, 11) is 1.61. The first-order valence-electron chi connectivity index (χ1n) is 6.20. The average Bonchev–Trinajstić information content (AvgIpc) is 2.39. The molecule has 0 unspecified atom stereocenters. The van der Waals surface area contributed by atoms with E-state index >= 15 is 0 Å². The Kier molecular flexibility index (Phi) is 3.95. The molecule has 1 aromatic carbocycles. The molecule has 0 bridgehead atoms. The van der Waals surface area contributed by atoms with Crippen molar-refractivity contribution in [3.63, 3.8) is 0 Å². The van der Waals surface area contributed by atoms with Crippen LogP contribution >= 0.6 is 0 Å². The van der Waals surface area contributed by atoms with Gasteiger partial charge < -0.3 is 4.74 Å². The van der Waals surface area contributed by atoms with Crippen LogP contribution in [-0.2, 0) is 6.42 Å². The van der Waals surface area contributed by atoms with Crippen LogP contribution in [0.1, 0.15) is 27.2 Å². The van der Waals surface area contributed by atoms with Crippen LogP contribution in [0.15, 0.2) is 36.5 Å². The van der Waals surface area contributed by atoms with Gasteiger partial charge in [0.2, 0.25) is 0 Å². The second-order valence-corrected chi connectivity index (χ2v) is 4.59. The van der Waals surface area contributed by atoms with E-state index in [9.17, 15) is 4.79 Å². The number of carbonyl (C=O) groups is 1. The second-order valence-electron chi connectivity index (χ2n) is 4.59. The van der Waals surface area contributed by atoms with Crippen LogP contribution in [0.25, 0.3) is 0 Å². The number of benzene rings is 1. The lowest BCUT2D eigenvalue weighted by molar-refractivity contribution is 0.0986. The summed E-state index contributed by atoms with van der Waals surface area (Å²) in [6.07, 6.45) is 2.03. The fraction of sp³-hybridized carbons (Fsp3) is 0.250. The largest absolute Gasteiger partial charge is 0.496 e. The molecule has 0 radical (unpaired) electrons. The minimum absolute atomic E-state index is 0.0157. The maximum atomic E-state index is 12.3. The maximum Gasteiger partial charge on any atom is 0.185 e. The Morgan fingerprint density at radius 2 is 2.00 bits per heavy atom. The number of Topliss-reactive ketones (excluding diaryl/α,β-unsaturated/α-hetero) is 1. The molecule has 0 N–H and O–H groups in total. The first kappa shape index (κ1) is 13.3. The van der Waals surface area contributed by atoms with Crippen molar-refractivity contribution in [1.82, 2.24) is 4.98 Å². The molecule has 1 aromatic heterocycles. The number of nitrogens with zero attached hydrogens (tertiary/aromatic N) is 1. The first-order valence-corrected chi connectivity index (χ1v) is 6.20. The van der Waals surface area contributed by atoms with Gasteiger partial charge in [0.05, 0.1) is 7.11 Å². The number of ketones is 1. The number of aromatic nitrogens is 1. The molecule has 0 amide bonds. The number of ether oxygens (including phenoxy) is 1. The standard InChI is InChI=1S/C16H17NO2/c1-11-8-12(2)16(17-10-11)14(18)9-13-6-4-5-7-15(13)19-3/h4-8,10H,9H2,1-3H3. The molecule has 2 rings (SSSR count). The van der Waals surface area contributed by atoms with E-state index in [-0.39, 0.29) is 5.78 Å². The zero-order chi connectivity index (χ0) is 13.8. The van der Waals surface area contributed by atoms with Crippen molar-refractivity contribution >= 4 is 5.78 Å². The normalized spacial score (nSPS) is 10.3. The van der Waals surface area contributed by atoms with Crippen LogP contribution in [0.5, 0.6) is 5.75 Å². The molecule has 3 nitrogen and oxygen atoms in total. The molecule has 0 fully saturated rings. The molecule has 98 valence electrons. The summed E-state index contributed by atoms with van der Waals surface area (Å²) in [5.41, 5.74) is 3.40. The fourth-order valence-corrected chi connectivity index (χ4v) is 2.11. The molecule has 0 aliphatic heterocycles. The van der Waals surface area contributed by atoms with Crippen molar-refractivity contribution in [2.24, 2.45) is 0 Å². The van der Waals surface area contributed by atoms with Crippen molar-refractivity contribution < 1.29 is 9.53 Å². The Morgan fingerprint density at radius 1 is 1.26 bits per heavy atom. The molecule has 0 atom stereocenters. The van der Waals surface area contributed by atoms with Gasteiger partial charge in [-0.15, -0.1) is 0 Å². The Hall–Kier alpha value is -2.16. The summed E-state index contributed by atoms with van der Waals surface area (Å²) >= 11 is 0. The van der Waals surface area contributed by atoms with Crippen LogP contribution in [0, 0.1) is 13.8 Å². The number of hydrogen-bond acceptors (Lipinski definition) is 3. The number of hydrogen-bond donors (Lipinski definition) is 0. The van der Waals surface area contributed by atoms with Crippen molar-refractivity contribution in [2.45, 2.75) is 20.3 Å². The zero-order valence-electron chi connectivity index (χ0n) is 11.4. The van der Waals surface area contributed by atoms with Gasteiger partial charge in [0, 0.05) is 18.2 Å². The van der Waals surface area contributed by atoms with Crippen molar-refractivity contribution in [1.29, 1.82) is 0 Å². The van der Waals surface area contributed by atoms with E-state index in [4.69, 9.17) is 4.74 Å². The minimum atomic E-state index is 0.0157. The number of aryl methyl sites for hydroxylation is 2. The summed E-state index contributed by atoms with van der Waals surface area (Å²) in [5.74, 6) is 0.752. The molecule has 3 heteroatoms. The Bertz CT molecular complexity index is 605. The van der Waals surface area contributed by atoms with E-state index in [0.717, 1.165) is 22.4 Å². The third kappa shape index (κ3) is 2.99. The Morgan fingerprint density at radius 3 is 2.68 bits per heavy atom. The van der Waals surface area contributed by atoms with E-state index in [1.807, 2.05) is 44.2 Å². The SMILES string of the molecule is COc1ccccc1CC(=O)c1ncc(C)cc1C. The highest BCUT2D eigenvalue weighted by Crippen LogP contribution is 2.20. The number of methoxy groups -OCH3 is 1. The quantitative estimate of drug-likeness (QED) is 0.788. The predicted molar refractivity (Wildman–Crippen MR) is 74.7 cm³/mol. The highest BCUT2D eigenvalue weighted by molar-refractivity contribution is 5.97. The Balaban J connectivity index is 2.26. The van der Waals surface area contributed by atoms with E-state index in [2.05, 4.69) is 4.98 Å². The Labute approximate surface area is 113 Å². The van der Waals surface area contributed by atoms with Crippen molar-refractivity contribution in [3.05, 3.63) is 58.9 Å². The molecular formula is C16H17NO2. The van der Waals surface area contributed by atoms with Crippen molar-refractivity contribution in [2.75, 3.05) is 7.11 Å². The predicted octanol–water partition coefficient (Wildman–Crippen LogP) is 3.13. The number of para-hydroxylation sites is 1. The van der Waals surface area contributed by atoms with Gasteiger partial charge in [-0.3, -0.25) is 9.78 Å². The number of rotatable bonds is 4.